The van der Waals surface area contributed by atoms with Gasteiger partial charge in [-0.05, 0) is 43.4 Å². The van der Waals surface area contributed by atoms with Crippen molar-refractivity contribution in [2.45, 2.75) is 35.4 Å². The SMILES string of the molecule is O=C(C1Cc2ccccc2S1)N1CCC2NCCC2C1. The average molecular weight is 288 g/mol. The first kappa shape index (κ1) is 12.7. The number of rotatable bonds is 1. The third-order valence-corrected chi connectivity index (χ3v) is 6.19. The first-order valence-electron chi connectivity index (χ1n) is 7.58. The molecule has 4 heteroatoms. The van der Waals surface area contributed by atoms with Gasteiger partial charge in [0.05, 0.1) is 5.25 Å². The first-order valence-corrected chi connectivity index (χ1v) is 8.46. The highest BCUT2D eigenvalue weighted by Gasteiger charge is 2.38. The number of benzene rings is 1. The van der Waals surface area contributed by atoms with E-state index < -0.39 is 0 Å². The van der Waals surface area contributed by atoms with Gasteiger partial charge in [-0.25, -0.2) is 0 Å². The van der Waals surface area contributed by atoms with Gasteiger partial charge in [-0.2, -0.15) is 0 Å². The summed E-state index contributed by atoms with van der Waals surface area (Å²) in [7, 11) is 0. The van der Waals surface area contributed by atoms with Crippen LogP contribution in [0.3, 0.4) is 0 Å². The number of nitrogens with zero attached hydrogens (tertiary/aromatic N) is 1. The number of hydrogen-bond acceptors (Lipinski definition) is 3. The molecule has 1 amide bonds. The van der Waals surface area contributed by atoms with Crippen LogP contribution < -0.4 is 5.32 Å². The fourth-order valence-corrected chi connectivity index (χ4v) is 5.05. The highest BCUT2D eigenvalue weighted by Crippen LogP contribution is 2.38. The Hall–Kier alpha value is -1.00. The molecule has 2 saturated heterocycles. The highest BCUT2D eigenvalue weighted by atomic mass is 32.2. The molecule has 4 rings (SSSR count). The third kappa shape index (κ3) is 2.15. The van der Waals surface area contributed by atoms with E-state index in [1.54, 1.807) is 11.8 Å². The largest absolute Gasteiger partial charge is 0.341 e. The maximum Gasteiger partial charge on any atom is 0.236 e. The zero-order valence-corrected chi connectivity index (χ0v) is 12.4. The minimum atomic E-state index is 0.110. The van der Waals surface area contributed by atoms with Crippen molar-refractivity contribution >= 4 is 17.7 Å². The summed E-state index contributed by atoms with van der Waals surface area (Å²) in [5.74, 6) is 1.04. The standard InChI is InChI=1S/C16H20N2OS/c19-16(15-9-11-3-1-2-4-14(11)20-15)18-8-6-13-12(10-18)5-7-17-13/h1-4,12-13,15,17H,5-10H2. The van der Waals surface area contributed by atoms with Crippen molar-refractivity contribution in [3.8, 4) is 0 Å². The Kier molecular flexibility index (Phi) is 3.23. The molecular formula is C16H20N2OS. The molecular weight excluding hydrogens is 268 g/mol. The number of fused-ring (bicyclic) bond motifs is 2. The van der Waals surface area contributed by atoms with Crippen LogP contribution in [0, 0.1) is 5.92 Å². The van der Waals surface area contributed by atoms with E-state index in [2.05, 4.69) is 34.5 Å². The molecule has 3 unspecified atom stereocenters. The molecule has 2 fully saturated rings. The predicted octanol–water partition coefficient (Wildman–Crippen LogP) is 1.91. The number of carbonyl (C=O) groups is 1. The van der Waals surface area contributed by atoms with Crippen molar-refractivity contribution in [2.24, 2.45) is 5.92 Å². The quantitative estimate of drug-likeness (QED) is 0.857. The fraction of sp³-hybridized carbons (Fsp3) is 0.562. The number of thioether (sulfide) groups is 1. The van der Waals surface area contributed by atoms with Crippen molar-refractivity contribution in [1.29, 1.82) is 0 Å². The molecule has 106 valence electrons. The molecule has 3 aliphatic rings. The van der Waals surface area contributed by atoms with E-state index >= 15 is 0 Å². The van der Waals surface area contributed by atoms with Crippen LogP contribution in [0.5, 0.6) is 0 Å². The first-order chi connectivity index (χ1) is 9.81. The zero-order chi connectivity index (χ0) is 13.5. The Bertz CT molecular complexity index is 508. The van der Waals surface area contributed by atoms with Crippen molar-refractivity contribution in [3.05, 3.63) is 29.8 Å². The Balaban J connectivity index is 1.44. The van der Waals surface area contributed by atoms with Gasteiger partial charge >= 0.3 is 0 Å². The molecule has 3 atom stereocenters. The summed E-state index contributed by atoms with van der Waals surface area (Å²) in [5.41, 5.74) is 1.34. The Labute approximate surface area is 124 Å². The van der Waals surface area contributed by atoms with E-state index in [4.69, 9.17) is 0 Å². The monoisotopic (exact) mass is 288 g/mol. The van der Waals surface area contributed by atoms with Crippen LogP contribution in [0.25, 0.3) is 0 Å². The van der Waals surface area contributed by atoms with Gasteiger partial charge in [0.2, 0.25) is 5.91 Å². The van der Waals surface area contributed by atoms with Gasteiger partial charge in [0, 0.05) is 24.0 Å². The second-order valence-corrected chi connectivity index (χ2v) is 7.35. The molecule has 0 spiro atoms. The summed E-state index contributed by atoms with van der Waals surface area (Å²) in [6, 6.07) is 9.09. The van der Waals surface area contributed by atoms with Crippen molar-refractivity contribution in [1.82, 2.24) is 10.2 Å². The van der Waals surface area contributed by atoms with Gasteiger partial charge in [-0.3, -0.25) is 4.79 Å². The summed E-state index contributed by atoms with van der Waals surface area (Å²) in [4.78, 5) is 16.2. The molecule has 1 N–H and O–H groups in total. The maximum absolute atomic E-state index is 12.7. The number of carbonyl (C=O) groups excluding carboxylic acids is 1. The summed E-state index contributed by atoms with van der Waals surface area (Å²) in [6.45, 7) is 3.02. The number of likely N-dealkylation sites (tertiary alicyclic amines) is 1. The lowest BCUT2D eigenvalue weighted by Gasteiger charge is -2.36. The minimum absolute atomic E-state index is 0.110. The third-order valence-electron chi connectivity index (χ3n) is 4.89. The van der Waals surface area contributed by atoms with E-state index in [-0.39, 0.29) is 5.25 Å². The zero-order valence-electron chi connectivity index (χ0n) is 11.5. The number of nitrogens with one attached hydrogen (secondary N) is 1. The smallest absolute Gasteiger partial charge is 0.236 e. The molecule has 3 heterocycles. The van der Waals surface area contributed by atoms with E-state index in [0.717, 1.165) is 32.5 Å². The van der Waals surface area contributed by atoms with Crippen molar-refractivity contribution in [2.75, 3.05) is 19.6 Å². The molecule has 20 heavy (non-hydrogen) atoms. The molecule has 3 aliphatic heterocycles. The molecule has 1 aromatic rings. The van der Waals surface area contributed by atoms with E-state index in [1.165, 1.54) is 16.9 Å². The number of amides is 1. The lowest BCUT2D eigenvalue weighted by atomic mass is 9.93. The van der Waals surface area contributed by atoms with Gasteiger partial charge in [0.25, 0.3) is 0 Å². The second kappa shape index (κ2) is 5.08. The van der Waals surface area contributed by atoms with Crippen LogP contribution in [0.1, 0.15) is 18.4 Å². The molecule has 0 aromatic heterocycles. The van der Waals surface area contributed by atoms with Crippen LogP contribution in [0.4, 0.5) is 0 Å². The molecule has 0 aliphatic carbocycles. The van der Waals surface area contributed by atoms with Crippen molar-refractivity contribution in [3.63, 3.8) is 0 Å². The van der Waals surface area contributed by atoms with E-state index in [9.17, 15) is 4.79 Å². The van der Waals surface area contributed by atoms with Crippen LogP contribution >= 0.6 is 11.8 Å². The summed E-state index contributed by atoms with van der Waals surface area (Å²) in [5, 5.41) is 3.67. The predicted molar refractivity (Wildman–Crippen MR) is 80.9 cm³/mol. The van der Waals surface area contributed by atoms with Crippen LogP contribution in [0.15, 0.2) is 29.2 Å². The Morgan fingerprint density at radius 3 is 3.10 bits per heavy atom. The molecule has 1 aromatic carbocycles. The average Bonchev–Trinajstić information content (AvgIpc) is 3.11. The normalized spacial score (nSPS) is 32.0. The molecule has 3 nitrogen and oxygen atoms in total. The maximum atomic E-state index is 12.7. The van der Waals surface area contributed by atoms with Gasteiger partial charge in [0.15, 0.2) is 0 Å². The molecule has 0 bridgehead atoms. The van der Waals surface area contributed by atoms with Crippen LogP contribution in [0.2, 0.25) is 0 Å². The van der Waals surface area contributed by atoms with Gasteiger partial charge in [-0.15, -0.1) is 11.8 Å². The van der Waals surface area contributed by atoms with Gasteiger partial charge < -0.3 is 10.2 Å². The minimum Gasteiger partial charge on any atom is -0.341 e. The van der Waals surface area contributed by atoms with Crippen LogP contribution in [-0.4, -0.2) is 41.7 Å². The summed E-state index contributed by atoms with van der Waals surface area (Å²) < 4.78 is 0. The van der Waals surface area contributed by atoms with E-state index in [0.29, 0.717) is 17.9 Å². The molecule has 0 saturated carbocycles. The molecule has 0 radical (unpaired) electrons. The summed E-state index contributed by atoms with van der Waals surface area (Å²) in [6.07, 6.45) is 3.26. The van der Waals surface area contributed by atoms with Gasteiger partial charge in [0.1, 0.15) is 0 Å². The number of hydrogen-bond donors (Lipinski definition) is 1. The lowest BCUT2D eigenvalue weighted by Crippen LogP contribution is -2.49. The Morgan fingerprint density at radius 1 is 1.30 bits per heavy atom. The fourth-order valence-electron chi connectivity index (χ4n) is 3.77. The second-order valence-electron chi connectivity index (χ2n) is 6.10. The summed E-state index contributed by atoms with van der Waals surface area (Å²) >= 11 is 1.76. The van der Waals surface area contributed by atoms with Crippen LogP contribution in [-0.2, 0) is 11.2 Å². The van der Waals surface area contributed by atoms with E-state index in [1.807, 2.05) is 0 Å². The topological polar surface area (TPSA) is 32.3 Å². The van der Waals surface area contributed by atoms with Crippen molar-refractivity contribution < 1.29 is 4.79 Å². The Morgan fingerprint density at radius 2 is 2.20 bits per heavy atom. The number of piperidine rings is 1. The lowest BCUT2D eigenvalue weighted by molar-refractivity contribution is -0.132. The highest BCUT2D eigenvalue weighted by molar-refractivity contribution is 8.01. The van der Waals surface area contributed by atoms with Gasteiger partial charge in [-0.1, -0.05) is 18.2 Å².